The third-order valence-electron chi connectivity index (χ3n) is 3.73. The Morgan fingerprint density at radius 3 is 2.72 bits per heavy atom. The molecule has 1 fully saturated rings. The van der Waals surface area contributed by atoms with Crippen LogP contribution in [0.2, 0.25) is 0 Å². The van der Waals surface area contributed by atoms with Crippen LogP contribution in [0.1, 0.15) is 24.0 Å². The zero-order chi connectivity index (χ0) is 13.3. The highest BCUT2D eigenvalue weighted by molar-refractivity contribution is 5.79. The molecule has 0 aromatic heterocycles. The van der Waals surface area contributed by atoms with Crippen LogP contribution in [-0.4, -0.2) is 23.2 Å². The van der Waals surface area contributed by atoms with E-state index in [9.17, 15) is 9.90 Å². The van der Waals surface area contributed by atoms with Crippen LogP contribution in [0.15, 0.2) is 18.2 Å². The van der Waals surface area contributed by atoms with Gasteiger partial charge in [-0.1, -0.05) is 12.1 Å². The molecule has 0 amide bonds. The summed E-state index contributed by atoms with van der Waals surface area (Å²) in [4.78, 5) is 11.3. The second-order valence-corrected chi connectivity index (χ2v) is 5.11. The van der Waals surface area contributed by atoms with Crippen molar-refractivity contribution in [2.24, 2.45) is 11.7 Å². The fourth-order valence-corrected chi connectivity index (χ4v) is 2.03. The monoisotopic (exact) mass is 249 g/mol. The van der Waals surface area contributed by atoms with Gasteiger partial charge in [-0.15, -0.1) is 0 Å². The number of carboxylic acids is 1. The molecule has 0 aliphatic heterocycles. The highest BCUT2D eigenvalue weighted by Gasteiger charge is 2.49. The summed E-state index contributed by atoms with van der Waals surface area (Å²) in [6.07, 6.45) is 1.75. The van der Waals surface area contributed by atoms with Gasteiger partial charge < -0.3 is 15.6 Å². The summed E-state index contributed by atoms with van der Waals surface area (Å²) in [5, 5.41) is 9.24. The highest BCUT2D eigenvalue weighted by Crippen LogP contribution is 2.39. The molecule has 1 saturated carbocycles. The number of ether oxygens (including phenoxy) is 1. The van der Waals surface area contributed by atoms with E-state index in [2.05, 4.69) is 0 Å². The number of hydrogen-bond donors (Lipinski definition) is 2. The summed E-state index contributed by atoms with van der Waals surface area (Å²) in [6, 6.07) is 5.74. The Morgan fingerprint density at radius 1 is 1.50 bits per heavy atom. The maximum Gasteiger partial charge on any atom is 0.327 e. The van der Waals surface area contributed by atoms with E-state index < -0.39 is 11.5 Å². The molecule has 3 N–H and O–H groups in total. The van der Waals surface area contributed by atoms with Crippen molar-refractivity contribution in [1.82, 2.24) is 0 Å². The topological polar surface area (TPSA) is 72.5 Å². The lowest BCUT2D eigenvalue weighted by Crippen LogP contribution is -2.54. The normalized spacial score (nSPS) is 18.2. The molecule has 2 rings (SSSR count). The van der Waals surface area contributed by atoms with E-state index in [-0.39, 0.29) is 12.5 Å². The first-order valence-corrected chi connectivity index (χ1v) is 6.16. The minimum absolute atomic E-state index is 0.0251. The van der Waals surface area contributed by atoms with E-state index in [4.69, 9.17) is 10.5 Å². The lowest BCUT2D eigenvalue weighted by atomic mass is 9.96. The molecule has 1 atom stereocenters. The van der Waals surface area contributed by atoms with Gasteiger partial charge in [-0.2, -0.15) is 0 Å². The van der Waals surface area contributed by atoms with Crippen molar-refractivity contribution in [3.8, 4) is 5.75 Å². The number of benzene rings is 1. The number of carboxylic acid groups (broad SMARTS) is 1. The molecule has 1 aliphatic carbocycles. The Labute approximate surface area is 107 Å². The molecule has 1 aromatic rings. The van der Waals surface area contributed by atoms with Crippen molar-refractivity contribution in [1.29, 1.82) is 0 Å². The Bertz CT molecular complexity index is 468. The minimum Gasteiger partial charge on any atom is -0.491 e. The summed E-state index contributed by atoms with van der Waals surface area (Å²) < 4.78 is 5.64. The van der Waals surface area contributed by atoms with Gasteiger partial charge in [0, 0.05) is 0 Å². The zero-order valence-electron chi connectivity index (χ0n) is 10.8. The number of carbonyl (C=O) groups is 1. The first-order chi connectivity index (χ1) is 8.45. The molecule has 1 aliphatic rings. The second-order valence-electron chi connectivity index (χ2n) is 5.11. The maximum absolute atomic E-state index is 11.3. The molecular weight excluding hydrogens is 230 g/mol. The van der Waals surface area contributed by atoms with Crippen LogP contribution in [0.5, 0.6) is 5.75 Å². The van der Waals surface area contributed by atoms with Gasteiger partial charge in [-0.05, 0) is 49.8 Å². The lowest BCUT2D eigenvalue weighted by molar-refractivity contribution is -0.145. The van der Waals surface area contributed by atoms with Gasteiger partial charge in [0.1, 0.15) is 12.4 Å². The van der Waals surface area contributed by atoms with E-state index >= 15 is 0 Å². The zero-order valence-corrected chi connectivity index (χ0v) is 10.8. The standard InChI is InChI=1S/C14H19NO3/c1-9-4-3-5-12(10(9)2)18-8-14(15,13(16)17)11-6-7-11/h3-5,11H,6-8,15H2,1-2H3,(H,16,17). The highest BCUT2D eigenvalue weighted by atomic mass is 16.5. The summed E-state index contributed by atoms with van der Waals surface area (Å²) in [5.74, 6) is -0.220. The maximum atomic E-state index is 11.3. The molecule has 0 saturated heterocycles. The van der Waals surface area contributed by atoms with Crippen LogP contribution < -0.4 is 10.5 Å². The summed E-state index contributed by atoms with van der Waals surface area (Å²) >= 11 is 0. The SMILES string of the molecule is Cc1cccc(OCC(N)(C(=O)O)C2CC2)c1C. The minimum atomic E-state index is -1.25. The Hall–Kier alpha value is -1.55. The van der Waals surface area contributed by atoms with Crippen LogP contribution in [0.4, 0.5) is 0 Å². The quantitative estimate of drug-likeness (QED) is 0.835. The van der Waals surface area contributed by atoms with E-state index in [1.54, 1.807) is 0 Å². The van der Waals surface area contributed by atoms with Crippen LogP contribution in [0, 0.1) is 19.8 Å². The van der Waals surface area contributed by atoms with Gasteiger partial charge in [-0.3, -0.25) is 4.79 Å². The molecule has 0 heterocycles. The fraction of sp³-hybridized carbons (Fsp3) is 0.500. The molecule has 98 valence electrons. The van der Waals surface area contributed by atoms with Gasteiger partial charge in [0.2, 0.25) is 0 Å². The predicted molar refractivity (Wildman–Crippen MR) is 68.7 cm³/mol. The smallest absolute Gasteiger partial charge is 0.327 e. The van der Waals surface area contributed by atoms with Gasteiger partial charge in [-0.25, -0.2) is 0 Å². The van der Waals surface area contributed by atoms with E-state index in [1.807, 2.05) is 32.0 Å². The van der Waals surface area contributed by atoms with Crippen molar-refractivity contribution in [2.75, 3.05) is 6.61 Å². The first kappa shape index (κ1) is 12.9. The van der Waals surface area contributed by atoms with Crippen LogP contribution in [0.25, 0.3) is 0 Å². The molecular formula is C14H19NO3. The number of aryl methyl sites for hydroxylation is 1. The summed E-state index contributed by atoms with van der Waals surface area (Å²) in [7, 11) is 0. The van der Waals surface area contributed by atoms with Gasteiger partial charge in [0.05, 0.1) is 0 Å². The number of aliphatic carboxylic acids is 1. The largest absolute Gasteiger partial charge is 0.491 e. The van der Waals surface area contributed by atoms with E-state index in [0.29, 0.717) is 5.75 Å². The Kier molecular flexibility index (Phi) is 3.30. The van der Waals surface area contributed by atoms with Gasteiger partial charge in [0.15, 0.2) is 5.54 Å². The average molecular weight is 249 g/mol. The van der Waals surface area contributed by atoms with E-state index in [0.717, 1.165) is 24.0 Å². The number of hydrogen-bond acceptors (Lipinski definition) is 3. The van der Waals surface area contributed by atoms with Gasteiger partial charge >= 0.3 is 5.97 Å². The molecule has 4 heteroatoms. The van der Waals surface area contributed by atoms with Crippen molar-refractivity contribution >= 4 is 5.97 Å². The average Bonchev–Trinajstić information content (AvgIpc) is 3.14. The third-order valence-corrected chi connectivity index (χ3v) is 3.73. The first-order valence-electron chi connectivity index (χ1n) is 6.16. The molecule has 1 unspecified atom stereocenters. The Balaban J connectivity index is 2.10. The fourth-order valence-electron chi connectivity index (χ4n) is 2.03. The molecule has 0 radical (unpaired) electrons. The Morgan fingerprint density at radius 2 is 2.17 bits per heavy atom. The van der Waals surface area contributed by atoms with Crippen LogP contribution in [0.3, 0.4) is 0 Å². The number of rotatable bonds is 5. The molecule has 18 heavy (non-hydrogen) atoms. The van der Waals surface area contributed by atoms with Crippen molar-refractivity contribution in [2.45, 2.75) is 32.2 Å². The van der Waals surface area contributed by atoms with Crippen molar-refractivity contribution in [3.05, 3.63) is 29.3 Å². The molecule has 0 bridgehead atoms. The van der Waals surface area contributed by atoms with E-state index in [1.165, 1.54) is 0 Å². The van der Waals surface area contributed by atoms with Crippen LogP contribution in [-0.2, 0) is 4.79 Å². The van der Waals surface area contributed by atoms with Gasteiger partial charge in [0.25, 0.3) is 0 Å². The molecule has 0 spiro atoms. The number of nitrogens with two attached hydrogens (primary N) is 1. The second kappa shape index (κ2) is 4.61. The van der Waals surface area contributed by atoms with Crippen molar-refractivity contribution < 1.29 is 14.6 Å². The van der Waals surface area contributed by atoms with Crippen LogP contribution >= 0.6 is 0 Å². The summed E-state index contributed by atoms with van der Waals surface area (Å²) in [6.45, 7) is 3.98. The molecule has 1 aromatic carbocycles. The molecule has 4 nitrogen and oxygen atoms in total. The third kappa shape index (κ3) is 2.34. The summed E-state index contributed by atoms with van der Waals surface area (Å²) in [5.41, 5.74) is 6.85. The van der Waals surface area contributed by atoms with Crippen molar-refractivity contribution in [3.63, 3.8) is 0 Å². The predicted octanol–water partition coefficient (Wildman–Crippen LogP) is 1.87. The lowest BCUT2D eigenvalue weighted by Gasteiger charge is -2.25.